The molecule has 0 radical (unpaired) electrons. The lowest BCUT2D eigenvalue weighted by atomic mass is 10.2. The van der Waals surface area contributed by atoms with Gasteiger partial charge in [0, 0.05) is 19.0 Å². The van der Waals surface area contributed by atoms with E-state index in [4.69, 9.17) is 4.52 Å². The van der Waals surface area contributed by atoms with Gasteiger partial charge in [-0.3, -0.25) is 0 Å². The fraction of sp³-hybridized carbons (Fsp3) is 0.500. The van der Waals surface area contributed by atoms with E-state index in [0.717, 1.165) is 18.5 Å². The van der Waals surface area contributed by atoms with Gasteiger partial charge in [0.25, 0.3) is 0 Å². The fourth-order valence-corrected chi connectivity index (χ4v) is 3.04. The minimum Gasteiger partial charge on any atom is -0.353 e. The summed E-state index contributed by atoms with van der Waals surface area (Å²) in [4.78, 5) is 4.14. The first-order valence-corrected chi connectivity index (χ1v) is 7.89. The Labute approximate surface area is 111 Å². The van der Waals surface area contributed by atoms with Gasteiger partial charge in [0.2, 0.25) is 5.76 Å². The second-order valence-electron chi connectivity index (χ2n) is 4.77. The minimum absolute atomic E-state index is 0.0513. The summed E-state index contributed by atoms with van der Waals surface area (Å²) in [6.07, 6.45) is 3.65. The summed E-state index contributed by atoms with van der Waals surface area (Å²) >= 11 is 0. The first kappa shape index (κ1) is 12.4. The first-order chi connectivity index (χ1) is 9.03. The molecule has 2 heterocycles. The molecule has 0 N–H and O–H groups in total. The highest BCUT2D eigenvalue weighted by Gasteiger charge is 2.28. The second-order valence-corrected chi connectivity index (χ2v) is 7.00. The molecule has 0 saturated heterocycles. The van der Waals surface area contributed by atoms with E-state index < -0.39 is 9.84 Å². The van der Waals surface area contributed by atoms with Crippen molar-refractivity contribution in [3.8, 4) is 11.6 Å². The van der Waals surface area contributed by atoms with Crippen LogP contribution in [0.15, 0.2) is 21.8 Å². The van der Waals surface area contributed by atoms with Crippen molar-refractivity contribution in [3.05, 3.63) is 18.0 Å². The third kappa shape index (κ3) is 2.07. The van der Waals surface area contributed by atoms with Gasteiger partial charge >= 0.3 is 0 Å². The zero-order valence-electron chi connectivity index (χ0n) is 10.8. The van der Waals surface area contributed by atoms with Gasteiger partial charge in [-0.1, -0.05) is 12.1 Å². The predicted octanol–water partition coefficient (Wildman–Crippen LogP) is 1.75. The Morgan fingerprint density at radius 3 is 2.84 bits per heavy atom. The van der Waals surface area contributed by atoms with Gasteiger partial charge in [0.1, 0.15) is 0 Å². The van der Waals surface area contributed by atoms with Crippen molar-refractivity contribution in [2.75, 3.05) is 5.75 Å². The van der Waals surface area contributed by atoms with Crippen LogP contribution < -0.4 is 0 Å². The molecule has 7 heteroatoms. The van der Waals surface area contributed by atoms with Gasteiger partial charge in [0.05, 0.1) is 17.6 Å². The van der Waals surface area contributed by atoms with Crippen molar-refractivity contribution in [2.45, 2.75) is 30.7 Å². The van der Waals surface area contributed by atoms with E-state index in [9.17, 15) is 8.42 Å². The maximum absolute atomic E-state index is 11.9. The molecular formula is C12H15N3O3S. The third-order valence-corrected chi connectivity index (χ3v) is 5.17. The highest BCUT2D eigenvalue weighted by Crippen LogP contribution is 2.40. The zero-order valence-corrected chi connectivity index (χ0v) is 11.6. The van der Waals surface area contributed by atoms with Gasteiger partial charge in [-0.05, 0) is 12.8 Å². The van der Waals surface area contributed by atoms with Crippen molar-refractivity contribution in [1.29, 1.82) is 0 Å². The van der Waals surface area contributed by atoms with Gasteiger partial charge in [0.15, 0.2) is 20.7 Å². The van der Waals surface area contributed by atoms with Crippen molar-refractivity contribution in [3.63, 3.8) is 0 Å². The van der Waals surface area contributed by atoms with E-state index >= 15 is 0 Å². The largest absolute Gasteiger partial charge is 0.353 e. The molecule has 0 atom stereocenters. The number of imidazole rings is 1. The molecule has 0 amide bonds. The molecule has 3 rings (SSSR count). The highest BCUT2D eigenvalue weighted by molar-refractivity contribution is 7.91. The van der Waals surface area contributed by atoms with Crippen LogP contribution in [0.25, 0.3) is 11.6 Å². The van der Waals surface area contributed by atoms with Crippen LogP contribution in [-0.2, 0) is 16.9 Å². The van der Waals surface area contributed by atoms with E-state index in [0.29, 0.717) is 17.5 Å². The van der Waals surface area contributed by atoms with Crippen molar-refractivity contribution in [1.82, 2.24) is 14.7 Å². The Morgan fingerprint density at radius 1 is 1.47 bits per heavy atom. The van der Waals surface area contributed by atoms with Crippen molar-refractivity contribution < 1.29 is 12.9 Å². The van der Waals surface area contributed by atoms with Crippen LogP contribution >= 0.6 is 0 Å². The van der Waals surface area contributed by atoms with Gasteiger partial charge in [-0.25, -0.2) is 13.4 Å². The Hall–Kier alpha value is -1.63. The Morgan fingerprint density at radius 2 is 2.21 bits per heavy atom. The normalized spacial score (nSPS) is 15.9. The molecule has 1 aliphatic rings. The standard InChI is InChI=1S/C12H15N3O3S/c1-3-19(16,17)11-7-13-12(15(11)2)10-6-9(14-18-10)8-4-5-8/h6-8H,3-5H2,1-2H3. The van der Waals surface area contributed by atoms with Crippen LogP contribution in [0, 0.1) is 0 Å². The Bertz CT molecular complexity index is 710. The second kappa shape index (κ2) is 4.19. The topological polar surface area (TPSA) is 78.0 Å². The third-order valence-electron chi connectivity index (χ3n) is 3.39. The van der Waals surface area contributed by atoms with E-state index in [1.807, 2.05) is 6.07 Å². The van der Waals surface area contributed by atoms with Gasteiger partial charge in [-0.2, -0.15) is 0 Å². The summed E-state index contributed by atoms with van der Waals surface area (Å²) < 4.78 is 30.6. The fourth-order valence-electron chi connectivity index (χ4n) is 2.03. The molecule has 0 bridgehead atoms. The molecule has 19 heavy (non-hydrogen) atoms. The van der Waals surface area contributed by atoms with E-state index in [1.165, 1.54) is 10.8 Å². The average Bonchev–Trinajstić information content (AvgIpc) is 2.99. The van der Waals surface area contributed by atoms with Crippen LogP contribution in [0.3, 0.4) is 0 Å². The van der Waals surface area contributed by atoms with E-state index in [1.54, 1.807) is 14.0 Å². The Balaban J connectivity index is 2.01. The lowest BCUT2D eigenvalue weighted by molar-refractivity contribution is 0.419. The molecule has 0 aromatic carbocycles. The van der Waals surface area contributed by atoms with Crippen LogP contribution in [0.1, 0.15) is 31.4 Å². The molecule has 1 saturated carbocycles. The van der Waals surface area contributed by atoms with Gasteiger partial charge < -0.3 is 9.09 Å². The molecule has 2 aromatic heterocycles. The molecule has 0 unspecified atom stereocenters. The van der Waals surface area contributed by atoms with Crippen molar-refractivity contribution >= 4 is 9.84 Å². The SMILES string of the molecule is CCS(=O)(=O)c1cnc(-c2cc(C3CC3)no2)n1C. The van der Waals surface area contributed by atoms with Gasteiger partial charge in [-0.15, -0.1) is 0 Å². The zero-order chi connectivity index (χ0) is 13.6. The average molecular weight is 281 g/mol. The predicted molar refractivity (Wildman–Crippen MR) is 68.4 cm³/mol. The lowest BCUT2D eigenvalue weighted by Crippen LogP contribution is -2.09. The van der Waals surface area contributed by atoms with Crippen molar-refractivity contribution in [2.24, 2.45) is 7.05 Å². The molecule has 0 spiro atoms. The number of aromatic nitrogens is 3. The Kier molecular flexibility index (Phi) is 2.74. The molecule has 6 nitrogen and oxygen atoms in total. The quantitative estimate of drug-likeness (QED) is 0.853. The highest BCUT2D eigenvalue weighted by atomic mass is 32.2. The first-order valence-electron chi connectivity index (χ1n) is 6.24. The summed E-state index contributed by atoms with van der Waals surface area (Å²) in [6.45, 7) is 1.61. The smallest absolute Gasteiger partial charge is 0.202 e. The molecule has 0 aliphatic heterocycles. The number of rotatable bonds is 4. The number of nitrogens with zero attached hydrogens (tertiary/aromatic N) is 3. The summed E-state index contributed by atoms with van der Waals surface area (Å²) in [7, 11) is -1.60. The van der Waals surface area contributed by atoms with E-state index in [-0.39, 0.29) is 10.8 Å². The summed E-state index contributed by atoms with van der Waals surface area (Å²) in [5, 5.41) is 4.21. The summed E-state index contributed by atoms with van der Waals surface area (Å²) in [6, 6.07) is 1.85. The molecule has 1 aliphatic carbocycles. The number of sulfone groups is 1. The monoisotopic (exact) mass is 281 g/mol. The maximum atomic E-state index is 11.9. The lowest BCUT2D eigenvalue weighted by Gasteiger charge is -2.03. The van der Waals surface area contributed by atoms with Crippen LogP contribution in [0.4, 0.5) is 0 Å². The molecule has 2 aromatic rings. The summed E-state index contributed by atoms with van der Waals surface area (Å²) in [5.41, 5.74) is 0.929. The maximum Gasteiger partial charge on any atom is 0.202 e. The minimum atomic E-state index is -3.27. The molecular weight excluding hydrogens is 266 g/mol. The molecule has 1 fully saturated rings. The summed E-state index contributed by atoms with van der Waals surface area (Å²) in [5.74, 6) is 1.56. The van der Waals surface area contributed by atoms with Crippen LogP contribution in [0.5, 0.6) is 0 Å². The van der Waals surface area contributed by atoms with Crippen LogP contribution in [-0.4, -0.2) is 28.9 Å². The number of hydrogen-bond acceptors (Lipinski definition) is 5. The van der Waals surface area contributed by atoms with E-state index in [2.05, 4.69) is 10.1 Å². The van der Waals surface area contributed by atoms with Crippen LogP contribution in [0.2, 0.25) is 0 Å². The number of hydrogen-bond donors (Lipinski definition) is 0. The molecule has 102 valence electrons.